The number of esters is 1. The van der Waals surface area contributed by atoms with E-state index in [-0.39, 0.29) is 12.5 Å². The van der Waals surface area contributed by atoms with Gasteiger partial charge in [0.2, 0.25) is 0 Å². The molecule has 0 aromatic rings. The van der Waals surface area contributed by atoms with Crippen LogP contribution in [0.1, 0.15) is 33.6 Å². The highest BCUT2D eigenvalue weighted by Gasteiger charge is 2.38. The van der Waals surface area contributed by atoms with E-state index < -0.39 is 5.41 Å². The number of ether oxygens (including phenoxy) is 3. The Hall–Kier alpha value is -0.650. The maximum atomic E-state index is 12.2. The van der Waals surface area contributed by atoms with E-state index in [1.807, 2.05) is 6.92 Å². The first-order valence-electron chi connectivity index (χ1n) is 6.96. The van der Waals surface area contributed by atoms with E-state index in [0.29, 0.717) is 38.8 Å². The fourth-order valence-electron chi connectivity index (χ4n) is 2.13. The van der Waals surface area contributed by atoms with Gasteiger partial charge in [-0.1, -0.05) is 13.8 Å². The van der Waals surface area contributed by atoms with Gasteiger partial charge in [0.05, 0.1) is 25.2 Å². The molecule has 0 aliphatic carbocycles. The molecule has 0 amide bonds. The molecule has 19 heavy (non-hydrogen) atoms. The molecular weight excluding hydrogens is 246 g/mol. The predicted octanol–water partition coefficient (Wildman–Crippen LogP) is 1.59. The molecule has 1 unspecified atom stereocenters. The van der Waals surface area contributed by atoms with Gasteiger partial charge in [0.1, 0.15) is 0 Å². The molecule has 5 heteroatoms. The zero-order chi connectivity index (χ0) is 14.7. The third kappa shape index (κ3) is 6.89. The molecule has 0 aromatic heterocycles. The van der Waals surface area contributed by atoms with Crippen molar-refractivity contribution in [2.75, 3.05) is 40.1 Å². The van der Waals surface area contributed by atoms with Crippen molar-refractivity contribution in [3.63, 3.8) is 0 Å². The quantitative estimate of drug-likeness (QED) is 0.458. The van der Waals surface area contributed by atoms with Gasteiger partial charge in [-0.15, -0.1) is 0 Å². The van der Waals surface area contributed by atoms with Gasteiger partial charge in [-0.05, 0) is 25.7 Å². The summed E-state index contributed by atoms with van der Waals surface area (Å²) in [6, 6.07) is 0. The summed E-state index contributed by atoms with van der Waals surface area (Å²) in [5.41, 5.74) is 5.22. The largest absolute Gasteiger partial charge is 0.466 e. The minimum Gasteiger partial charge on any atom is -0.466 e. The van der Waals surface area contributed by atoms with Crippen LogP contribution >= 0.6 is 0 Å². The summed E-state index contributed by atoms with van der Waals surface area (Å²) in [4.78, 5) is 12.2. The second-order valence-corrected chi connectivity index (χ2v) is 5.16. The molecule has 0 aromatic carbocycles. The molecule has 0 saturated heterocycles. The van der Waals surface area contributed by atoms with Gasteiger partial charge in [-0.2, -0.15) is 0 Å². The lowest BCUT2D eigenvalue weighted by atomic mass is 9.77. The zero-order valence-electron chi connectivity index (χ0n) is 12.7. The molecule has 0 saturated carbocycles. The topological polar surface area (TPSA) is 70.8 Å². The van der Waals surface area contributed by atoms with Crippen LogP contribution in [0.3, 0.4) is 0 Å². The van der Waals surface area contributed by atoms with E-state index in [1.165, 1.54) is 0 Å². The van der Waals surface area contributed by atoms with Crippen LogP contribution in [0.25, 0.3) is 0 Å². The van der Waals surface area contributed by atoms with Crippen molar-refractivity contribution in [2.45, 2.75) is 33.6 Å². The van der Waals surface area contributed by atoms with E-state index in [4.69, 9.17) is 19.9 Å². The third-order valence-corrected chi connectivity index (χ3v) is 3.05. The van der Waals surface area contributed by atoms with E-state index in [2.05, 4.69) is 13.8 Å². The van der Waals surface area contributed by atoms with Crippen molar-refractivity contribution in [3.05, 3.63) is 0 Å². The van der Waals surface area contributed by atoms with Crippen molar-refractivity contribution < 1.29 is 19.0 Å². The first-order chi connectivity index (χ1) is 9.02. The Bertz CT molecular complexity index is 246. The molecule has 0 aliphatic rings. The van der Waals surface area contributed by atoms with Gasteiger partial charge in [-0.25, -0.2) is 0 Å². The Morgan fingerprint density at radius 1 is 1.26 bits per heavy atom. The first-order valence-corrected chi connectivity index (χ1v) is 6.96. The Labute approximate surface area is 116 Å². The van der Waals surface area contributed by atoms with Gasteiger partial charge in [0.15, 0.2) is 0 Å². The van der Waals surface area contributed by atoms with E-state index in [1.54, 1.807) is 7.11 Å². The third-order valence-electron chi connectivity index (χ3n) is 3.05. The zero-order valence-corrected chi connectivity index (χ0v) is 12.7. The molecule has 114 valence electrons. The second kappa shape index (κ2) is 10.2. The number of methoxy groups -OCH3 is 1. The molecule has 0 rings (SSSR count). The van der Waals surface area contributed by atoms with Crippen LogP contribution in [0, 0.1) is 11.3 Å². The standard InChI is InChI=1S/C14H29NO4/c1-5-19-13(16)14(11-15,10-12(2)3)6-7-18-9-8-17-4/h12H,5-11,15H2,1-4H3. The average Bonchev–Trinajstić information content (AvgIpc) is 2.36. The predicted molar refractivity (Wildman–Crippen MR) is 74.9 cm³/mol. The van der Waals surface area contributed by atoms with Crippen LogP contribution in [0.4, 0.5) is 0 Å². The highest BCUT2D eigenvalue weighted by atomic mass is 16.5. The average molecular weight is 275 g/mol. The molecule has 0 fully saturated rings. The molecular formula is C14H29NO4. The summed E-state index contributed by atoms with van der Waals surface area (Å²) >= 11 is 0. The number of carbonyl (C=O) groups is 1. The van der Waals surface area contributed by atoms with Crippen LogP contribution in [0.2, 0.25) is 0 Å². The van der Waals surface area contributed by atoms with Gasteiger partial charge >= 0.3 is 5.97 Å². The first kappa shape index (κ1) is 18.4. The Kier molecular flexibility index (Phi) is 9.83. The summed E-state index contributed by atoms with van der Waals surface area (Å²) in [7, 11) is 1.63. The van der Waals surface area contributed by atoms with Gasteiger partial charge in [0.25, 0.3) is 0 Å². The minimum absolute atomic E-state index is 0.207. The Morgan fingerprint density at radius 3 is 2.42 bits per heavy atom. The van der Waals surface area contributed by atoms with Crippen LogP contribution in [-0.4, -0.2) is 46.1 Å². The minimum atomic E-state index is -0.628. The second-order valence-electron chi connectivity index (χ2n) is 5.16. The monoisotopic (exact) mass is 275 g/mol. The molecule has 0 radical (unpaired) electrons. The molecule has 0 spiro atoms. The number of carbonyl (C=O) groups excluding carboxylic acids is 1. The molecule has 2 N–H and O–H groups in total. The lowest BCUT2D eigenvalue weighted by Gasteiger charge is -2.31. The van der Waals surface area contributed by atoms with Crippen molar-refractivity contribution >= 4 is 5.97 Å². The number of hydrogen-bond acceptors (Lipinski definition) is 5. The molecule has 0 bridgehead atoms. The normalized spacial score (nSPS) is 14.4. The fraction of sp³-hybridized carbons (Fsp3) is 0.929. The Balaban J connectivity index is 4.49. The summed E-state index contributed by atoms with van der Waals surface area (Å²) in [6.45, 7) is 8.21. The lowest BCUT2D eigenvalue weighted by Crippen LogP contribution is -2.42. The van der Waals surface area contributed by atoms with E-state index in [0.717, 1.165) is 6.42 Å². The van der Waals surface area contributed by atoms with Gasteiger partial charge in [-0.3, -0.25) is 4.79 Å². The van der Waals surface area contributed by atoms with Crippen molar-refractivity contribution in [3.8, 4) is 0 Å². The molecule has 5 nitrogen and oxygen atoms in total. The van der Waals surface area contributed by atoms with Crippen molar-refractivity contribution in [1.82, 2.24) is 0 Å². The number of nitrogens with two attached hydrogens (primary N) is 1. The summed E-state index contributed by atoms with van der Waals surface area (Å²) < 4.78 is 15.5. The van der Waals surface area contributed by atoms with E-state index >= 15 is 0 Å². The maximum Gasteiger partial charge on any atom is 0.313 e. The highest BCUT2D eigenvalue weighted by Crippen LogP contribution is 2.31. The van der Waals surface area contributed by atoms with Crippen molar-refractivity contribution in [2.24, 2.45) is 17.1 Å². The SMILES string of the molecule is CCOC(=O)C(CN)(CCOCCOC)CC(C)C. The van der Waals surface area contributed by atoms with Crippen LogP contribution in [0.5, 0.6) is 0 Å². The summed E-state index contributed by atoms with van der Waals surface area (Å²) in [5, 5.41) is 0. The Morgan fingerprint density at radius 2 is 1.95 bits per heavy atom. The van der Waals surface area contributed by atoms with Crippen LogP contribution < -0.4 is 5.73 Å². The fourth-order valence-corrected chi connectivity index (χ4v) is 2.13. The molecule has 0 aliphatic heterocycles. The number of hydrogen-bond donors (Lipinski definition) is 1. The van der Waals surface area contributed by atoms with Crippen LogP contribution in [0.15, 0.2) is 0 Å². The molecule has 1 atom stereocenters. The van der Waals surface area contributed by atoms with Crippen LogP contribution in [-0.2, 0) is 19.0 Å². The van der Waals surface area contributed by atoms with Crippen molar-refractivity contribution in [1.29, 1.82) is 0 Å². The van der Waals surface area contributed by atoms with E-state index in [9.17, 15) is 4.79 Å². The summed E-state index contributed by atoms with van der Waals surface area (Å²) in [5.74, 6) is 0.175. The lowest BCUT2D eigenvalue weighted by molar-refractivity contribution is -0.157. The van der Waals surface area contributed by atoms with Gasteiger partial charge in [0, 0.05) is 20.3 Å². The highest BCUT2D eigenvalue weighted by molar-refractivity contribution is 5.77. The summed E-state index contributed by atoms with van der Waals surface area (Å²) in [6.07, 6.45) is 1.31. The number of rotatable bonds is 11. The maximum absolute atomic E-state index is 12.2. The smallest absolute Gasteiger partial charge is 0.313 e. The molecule has 0 heterocycles. The van der Waals surface area contributed by atoms with Gasteiger partial charge < -0.3 is 19.9 Å².